The number of esters is 2. The Labute approximate surface area is 193 Å². The molecule has 0 heterocycles. The maximum Gasteiger partial charge on any atom is 0.305 e. The maximum absolute atomic E-state index is 13.6. The molecule has 0 bridgehead atoms. The molecule has 3 unspecified atom stereocenters. The third kappa shape index (κ3) is 3.92. The lowest BCUT2D eigenvalue weighted by molar-refractivity contribution is -0.168. The summed E-state index contributed by atoms with van der Waals surface area (Å²) in [4.78, 5) is 36.8. The van der Waals surface area contributed by atoms with Crippen LogP contribution in [0.15, 0.2) is 0 Å². The molecule has 0 aromatic carbocycles. The molecule has 5 heteroatoms. The van der Waals surface area contributed by atoms with Gasteiger partial charge in [-0.05, 0) is 91.8 Å². The van der Waals surface area contributed by atoms with Crippen molar-refractivity contribution in [2.45, 2.75) is 98.0 Å². The smallest absolute Gasteiger partial charge is 0.305 e. The summed E-state index contributed by atoms with van der Waals surface area (Å²) in [5.41, 5.74) is 0.385. The van der Waals surface area contributed by atoms with Gasteiger partial charge in [0.2, 0.25) is 0 Å². The highest BCUT2D eigenvalue weighted by Gasteiger charge is 2.63. The predicted octanol–water partition coefficient (Wildman–Crippen LogP) is 5.35. The second-order valence-corrected chi connectivity index (χ2v) is 11.9. The van der Waals surface area contributed by atoms with Gasteiger partial charge in [0.15, 0.2) is 0 Å². The summed E-state index contributed by atoms with van der Waals surface area (Å²) in [6.45, 7) is 8.66. The molecule has 0 aromatic rings. The number of carbonyl (C=O) groups is 3. The summed E-state index contributed by atoms with van der Waals surface area (Å²) in [7, 11) is 1.46. The molecule has 0 aliphatic heterocycles. The minimum Gasteiger partial charge on any atom is -0.469 e. The van der Waals surface area contributed by atoms with Crippen LogP contribution in [0.3, 0.4) is 0 Å². The summed E-state index contributed by atoms with van der Waals surface area (Å²) < 4.78 is 10.4. The zero-order valence-corrected chi connectivity index (χ0v) is 20.7. The minimum atomic E-state index is -0.203. The average molecular weight is 447 g/mol. The molecule has 0 radical (unpaired) electrons. The van der Waals surface area contributed by atoms with E-state index in [4.69, 9.17) is 9.47 Å². The lowest BCUT2D eigenvalue weighted by atomic mass is 9.44. The van der Waals surface area contributed by atoms with Crippen LogP contribution < -0.4 is 0 Å². The first-order valence-electron chi connectivity index (χ1n) is 12.9. The van der Waals surface area contributed by atoms with Crippen molar-refractivity contribution < 1.29 is 23.9 Å². The Morgan fingerprint density at radius 3 is 2.44 bits per heavy atom. The fraction of sp³-hybridized carbons (Fsp3) is 0.889. The zero-order chi connectivity index (χ0) is 23.3. The molecular weight excluding hydrogens is 404 g/mol. The number of hydrogen-bond donors (Lipinski definition) is 0. The number of rotatable bonds is 5. The van der Waals surface area contributed by atoms with E-state index in [0.29, 0.717) is 48.2 Å². The molecule has 0 N–H and O–H groups in total. The summed E-state index contributed by atoms with van der Waals surface area (Å²) >= 11 is 0. The number of ether oxygens (including phenoxy) is 2. The number of Topliss-reactive ketones (excluding diaryl/α,β-unsaturated/α-hetero) is 1. The van der Waals surface area contributed by atoms with E-state index in [1.807, 2.05) is 0 Å². The van der Waals surface area contributed by atoms with Gasteiger partial charge in [0.05, 0.1) is 7.11 Å². The maximum atomic E-state index is 13.6. The van der Waals surface area contributed by atoms with E-state index in [2.05, 4.69) is 20.8 Å². The van der Waals surface area contributed by atoms with Crippen LogP contribution in [0, 0.1) is 46.3 Å². The monoisotopic (exact) mass is 446 g/mol. The quantitative estimate of drug-likeness (QED) is 0.533. The SMILES string of the molecule is COC(=O)CC[C@@H](C)[C@H]1CCC2C3C(=O)C[C@@H]4C[C@H](OC(C)=O)CC[C@]4(C)C3CC[C@@]21C. The Morgan fingerprint density at radius 2 is 1.75 bits per heavy atom. The van der Waals surface area contributed by atoms with Gasteiger partial charge in [-0.15, -0.1) is 0 Å². The summed E-state index contributed by atoms with van der Waals surface area (Å²) in [5, 5.41) is 0. The van der Waals surface area contributed by atoms with Crippen molar-refractivity contribution in [1.82, 2.24) is 0 Å². The van der Waals surface area contributed by atoms with Gasteiger partial charge in [0.1, 0.15) is 11.9 Å². The van der Waals surface area contributed by atoms with E-state index < -0.39 is 0 Å². The minimum absolute atomic E-state index is 0.0182. The molecular formula is C27H42O5. The van der Waals surface area contributed by atoms with Gasteiger partial charge in [-0.2, -0.15) is 0 Å². The fourth-order valence-electron chi connectivity index (χ4n) is 8.86. The number of fused-ring (bicyclic) bond motifs is 5. The van der Waals surface area contributed by atoms with Crippen LogP contribution in [0.5, 0.6) is 0 Å². The fourth-order valence-corrected chi connectivity index (χ4v) is 8.86. The van der Waals surface area contributed by atoms with Crippen molar-refractivity contribution in [3.05, 3.63) is 0 Å². The first kappa shape index (κ1) is 23.8. The molecule has 4 saturated carbocycles. The first-order chi connectivity index (χ1) is 15.1. The standard InChI is InChI=1S/C27H42O5/c1-16(6-9-24(30)31-5)20-7-8-21-25-22(11-13-27(20,21)4)26(3)12-10-19(32-17(2)28)14-18(26)15-23(25)29/h16,18-22,25H,6-15H2,1-5H3/t16-,18+,19-,20-,21?,22?,25?,26+,27-/m1/s1. The highest BCUT2D eigenvalue weighted by atomic mass is 16.5. The molecule has 0 saturated heterocycles. The number of methoxy groups -OCH3 is 1. The van der Waals surface area contributed by atoms with Crippen molar-refractivity contribution >= 4 is 17.7 Å². The number of ketones is 1. The molecule has 4 rings (SSSR count). The van der Waals surface area contributed by atoms with Crippen molar-refractivity contribution in [2.75, 3.05) is 7.11 Å². The average Bonchev–Trinajstić information content (AvgIpc) is 3.09. The predicted molar refractivity (Wildman–Crippen MR) is 122 cm³/mol. The van der Waals surface area contributed by atoms with Crippen molar-refractivity contribution in [1.29, 1.82) is 0 Å². The number of carbonyl (C=O) groups excluding carboxylic acids is 3. The Morgan fingerprint density at radius 1 is 1.06 bits per heavy atom. The molecule has 5 nitrogen and oxygen atoms in total. The number of hydrogen-bond acceptors (Lipinski definition) is 5. The van der Waals surface area contributed by atoms with Crippen molar-refractivity contribution in [3.8, 4) is 0 Å². The largest absolute Gasteiger partial charge is 0.469 e. The van der Waals surface area contributed by atoms with Crippen molar-refractivity contribution in [3.63, 3.8) is 0 Å². The van der Waals surface area contributed by atoms with Crippen LogP contribution in [0.4, 0.5) is 0 Å². The van der Waals surface area contributed by atoms with E-state index in [1.165, 1.54) is 26.9 Å². The van der Waals surface area contributed by atoms with Crippen LogP contribution in [0.2, 0.25) is 0 Å². The summed E-state index contributed by atoms with van der Waals surface area (Å²) in [6.07, 6.45) is 9.49. The van der Waals surface area contributed by atoms with Crippen LogP contribution in [0.1, 0.15) is 91.9 Å². The van der Waals surface area contributed by atoms with Gasteiger partial charge < -0.3 is 9.47 Å². The zero-order valence-electron chi connectivity index (χ0n) is 20.7. The second-order valence-electron chi connectivity index (χ2n) is 11.9. The van der Waals surface area contributed by atoms with E-state index >= 15 is 0 Å². The highest BCUT2D eigenvalue weighted by Crippen LogP contribution is 2.67. The van der Waals surface area contributed by atoms with Gasteiger partial charge in [-0.3, -0.25) is 14.4 Å². The molecule has 0 spiro atoms. The van der Waals surface area contributed by atoms with Gasteiger partial charge in [-0.1, -0.05) is 20.8 Å². The lowest BCUT2D eigenvalue weighted by Crippen LogP contribution is -2.57. The van der Waals surface area contributed by atoms with Crippen LogP contribution in [-0.2, 0) is 23.9 Å². The molecule has 9 atom stereocenters. The molecule has 4 fully saturated rings. The molecule has 0 aromatic heterocycles. The molecule has 0 amide bonds. The van der Waals surface area contributed by atoms with E-state index in [9.17, 15) is 14.4 Å². The Hall–Kier alpha value is -1.39. The van der Waals surface area contributed by atoms with Crippen LogP contribution in [-0.4, -0.2) is 30.9 Å². The Bertz CT molecular complexity index is 761. The molecule has 4 aliphatic carbocycles. The highest BCUT2D eigenvalue weighted by molar-refractivity contribution is 5.83. The van der Waals surface area contributed by atoms with Gasteiger partial charge in [0.25, 0.3) is 0 Å². The van der Waals surface area contributed by atoms with Gasteiger partial charge in [-0.25, -0.2) is 0 Å². The summed E-state index contributed by atoms with van der Waals surface area (Å²) in [5.74, 6) is 2.68. The first-order valence-corrected chi connectivity index (χ1v) is 12.9. The second kappa shape index (κ2) is 8.76. The topological polar surface area (TPSA) is 69.7 Å². The summed E-state index contributed by atoms with van der Waals surface area (Å²) in [6, 6.07) is 0. The normalized spacial score (nSPS) is 44.1. The third-order valence-corrected chi connectivity index (χ3v) is 10.5. The van der Waals surface area contributed by atoms with Crippen LogP contribution >= 0.6 is 0 Å². The molecule has 32 heavy (non-hydrogen) atoms. The third-order valence-electron chi connectivity index (χ3n) is 10.5. The van der Waals surface area contributed by atoms with Crippen LogP contribution in [0.25, 0.3) is 0 Å². The van der Waals surface area contributed by atoms with E-state index in [0.717, 1.165) is 38.5 Å². The lowest BCUT2D eigenvalue weighted by Gasteiger charge is -2.60. The van der Waals surface area contributed by atoms with E-state index in [1.54, 1.807) is 0 Å². The Balaban J connectivity index is 1.50. The Kier molecular flexibility index (Phi) is 6.50. The molecule has 180 valence electrons. The van der Waals surface area contributed by atoms with Crippen molar-refractivity contribution in [2.24, 2.45) is 46.3 Å². The van der Waals surface area contributed by atoms with Gasteiger partial charge >= 0.3 is 11.9 Å². The molecule has 4 aliphatic rings. The van der Waals surface area contributed by atoms with E-state index in [-0.39, 0.29) is 34.8 Å². The van der Waals surface area contributed by atoms with Gasteiger partial charge in [0, 0.05) is 25.7 Å².